The number of halogens is 1. The van der Waals surface area contributed by atoms with Crippen molar-refractivity contribution in [3.63, 3.8) is 0 Å². The van der Waals surface area contributed by atoms with Crippen LogP contribution in [0.25, 0.3) is 10.9 Å². The minimum absolute atomic E-state index is 0.201. The van der Waals surface area contributed by atoms with Gasteiger partial charge in [0, 0.05) is 27.8 Å². The number of fused-ring (bicyclic) bond motifs is 1. The van der Waals surface area contributed by atoms with Crippen LogP contribution in [-0.2, 0) is 9.53 Å². The van der Waals surface area contributed by atoms with Gasteiger partial charge in [-0.15, -0.1) is 0 Å². The maximum atomic E-state index is 12.8. The molecule has 3 aromatic rings. The van der Waals surface area contributed by atoms with Gasteiger partial charge < -0.3 is 14.6 Å². The number of benzene rings is 2. The number of rotatable bonds is 4. The van der Waals surface area contributed by atoms with Crippen LogP contribution in [-0.4, -0.2) is 23.6 Å². The molecule has 0 unspecified atom stereocenters. The molecule has 1 atom stereocenters. The molecule has 6 heteroatoms. The molecule has 0 aliphatic carbocycles. The van der Waals surface area contributed by atoms with Crippen molar-refractivity contribution in [2.75, 3.05) is 12.4 Å². The van der Waals surface area contributed by atoms with Gasteiger partial charge in [-0.2, -0.15) is 0 Å². The maximum Gasteiger partial charge on any atom is 0.340 e. The molecule has 134 valence electrons. The van der Waals surface area contributed by atoms with E-state index in [1.807, 2.05) is 31.2 Å². The van der Waals surface area contributed by atoms with Gasteiger partial charge in [0.2, 0.25) is 5.91 Å². The van der Waals surface area contributed by atoms with E-state index in [4.69, 9.17) is 16.3 Å². The van der Waals surface area contributed by atoms with Crippen LogP contribution in [0.5, 0.6) is 0 Å². The van der Waals surface area contributed by atoms with Gasteiger partial charge in [-0.3, -0.25) is 4.79 Å². The first kappa shape index (κ1) is 18.0. The van der Waals surface area contributed by atoms with Crippen molar-refractivity contribution in [2.45, 2.75) is 19.9 Å². The Morgan fingerprint density at radius 1 is 1.15 bits per heavy atom. The van der Waals surface area contributed by atoms with Crippen molar-refractivity contribution in [1.82, 2.24) is 4.57 Å². The fourth-order valence-electron chi connectivity index (χ4n) is 2.90. The molecule has 3 rings (SSSR count). The lowest BCUT2D eigenvalue weighted by Crippen LogP contribution is -2.23. The lowest BCUT2D eigenvalue weighted by molar-refractivity contribution is -0.118. The van der Waals surface area contributed by atoms with Gasteiger partial charge in [0.1, 0.15) is 6.04 Å². The van der Waals surface area contributed by atoms with Crippen molar-refractivity contribution in [2.24, 2.45) is 0 Å². The fraction of sp³-hybridized carbons (Fsp3) is 0.200. The summed E-state index contributed by atoms with van der Waals surface area (Å²) < 4.78 is 6.63. The molecule has 1 aromatic heterocycles. The summed E-state index contributed by atoms with van der Waals surface area (Å²) in [5.41, 5.74) is 2.70. The number of carbonyl (C=O) groups is 2. The second-order valence-electron chi connectivity index (χ2n) is 6.04. The third-order valence-corrected chi connectivity index (χ3v) is 4.88. The second-order valence-corrected chi connectivity index (χ2v) is 6.44. The summed E-state index contributed by atoms with van der Waals surface area (Å²) in [6, 6.07) is 12.3. The number of amides is 1. The zero-order valence-electron chi connectivity index (χ0n) is 14.7. The highest BCUT2D eigenvalue weighted by atomic mass is 35.5. The third-order valence-electron chi connectivity index (χ3n) is 4.47. The summed E-state index contributed by atoms with van der Waals surface area (Å²) in [5, 5.41) is 4.25. The Morgan fingerprint density at radius 2 is 1.88 bits per heavy atom. The molecule has 1 amide bonds. The van der Waals surface area contributed by atoms with E-state index in [9.17, 15) is 9.59 Å². The molecule has 5 nitrogen and oxygen atoms in total. The van der Waals surface area contributed by atoms with Gasteiger partial charge >= 0.3 is 5.97 Å². The van der Waals surface area contributed by atoms with E-state index in [0.29, 0.717) is 16.3 Å². The quantitative estimate of drug-likeness (QED) is 0.683. The summed E-state index contributed by atoms with van der Waals surface area (Å²) in [4.78, 5) is 24.8. The molecule has 0 saturated heterocycles. The van der Waals surface area contributed by atoms with E-state index >= 15 is 0 Å². The molecule has 26 heavy (non-hydrogen) atoms. The van der Waals surface area contributed by atoms with E-state index < -0.39 is 12.0 Å². The number of hydrogen-bond acceptors (Lipinski definition) is 3. The Hall–Kier alpha value is -2.79. The van der Waals surface area contributed by atoms with Crippen molar-refractivity contribution < 1.29 is 14.3 Å². The highest BCUT2D eigenvalue weighted by molar-refractivity contribution is 6.31. The highest BCUT2D eigenvalue weighted by Gasteiger charge is 2.22. The zero-order chi connectivity index (χ0) is 18.8. The van der Waals surface area contributed by atoms with Crippen LogP contribution in [0.3, 0.4) is 0 Å². The largest absolute Gasteiger partial charge is 0.465 e. The number of anilines is 1. The van der Waals surface area contributed by atoms with Crippen LogP contribution < -0.4 is 5.32 Å². The van der Waals surface area contributed by atoms with Crippen LogP contribution in [0, 0.1) is 6.92 Å². The van der Waals surface area contributed by atoms with Crippen LogP contribution in [0.2, 0.25) is 5.02 Å². The van der Waals surface area contributed by atoms with Gasteiger partial charge in [0.05, 0.1) is 12.7 Å². The van der Waals surface area contributed by atoms with E-state index in [0.717, 1.165) is 16.5 Å². The lowest BCUT2D eigenvalue weighted by Gasteiger charge is -2.16. The molecule has 0 aliphatic heterocycles. The number of hydrogen-bond donors (Lipinski definition) is 1. The molecule has 1 N–H and O–H groups in total. The average Bonchev–Trinajstić information content (AvgIpc) is 3.04. The molecule has 2 aromatic carbocycles. The van der Waals surface area contributed by atoms with E-state index in [1.54, 1.807) is 35.9 Å². The van der Waals surface area contributed by atoms with Crippen LogP contribution in [0.15, 0.2) is 48.7 Å². The first-order chi connectivity index (χ1) is 12.4. The standard InChI is InChI=1S/C20H19ClN2O3/c1-12-16(21)8-6-9-17(12)22-19(24)13(2)23-11-15(20(25)26-3)14-7-4-5-10-18(14)23/h4-11,13H,1-3H3,(H,22,24)/t13-/m1/s1. The van der Waals surface area contributed by atoms with E-state index in [2.05, 4.69) is 5.32 Å². The van der Waals surface area contributed by atoms with Crippen molar-refractivity contribution in [3.05, 3.63) is 64.8 Å². The maximum absolute atomic E-state index is 12.8. The molecule has 0 fully saturated rings. The molecule has 0 radical (unpaired) electrons. The van der Waals surface area contributed by atoms with Crippen LogP contribution >= 0.6 is 11.6 Å². The van der Waals surface area contributed by atoms with Gasteiger partial charge in [-0.25, -0.2) is 4.79 Å². The highest BCUT2D eigenvalue weighted by Crippen LogP contribution is 2.27. The summed E-state index contributed by atoms with van der Waals surface area (Å²) in [5.74, 6) is -0.634. The summed E-state index contributed by atoms with van der Waals surface area (Å²) in [7, 11) is 1.34. The summed E-state index contributed by atoms with van der Waals surface area (Å²) in [6.45, 7) is 3.63. The Kier molecular flexibility index (Phi) is 5.00. The number of esters is 1. The first-order valence-corrected chi connectivity index (χ1v) is 8.55. The van der Waals surface area contributed by atoms with E-state index in [-0.39, 0.29) is 5.91 Å². The van der Waals surface area contributed by atoms with Crippen molar-refractivity contribution >= 4 is 40.1 Å². The molecule has 0 bridgehead atoms. The number of nitrogens with zero attached hydrogens (tertiary/aromatic N) is 1. The zero-order valence-corrected chi connectivity index (χ0v) is 15.5. The summed E-state index contributed by atoms with van der Waals surface area (Å²) >= 11 is 6.12. The van der Waals surface area contributed by atoms with Crippen LogP contribution in [0.1, 0.15) is 28.9 Å². The number of para-hydroxylation sites is 1. The predicted octanol–water partition coefficient (Wildman–Crippen LogP) is 4.59. The number of aromatic nitrogens is 1. The Bertz CT molecular complexity index is 994. The second kappa shape index (κ2) is 7.22. The van der Waals surface area contributed by atoms with E-state index in [1.165, 1.54) is 7.11 Å². The number of carbonyl (C=O) groups excluding carboxylic acids is 2. The fourth-order valence-corrected chi connectivity index (χ4v) is 3.08. The van der Waals surface area contributed by atoms with Gasteiger partial charge in [-0.05, 0) is 37.6 Å². The lowest BCUT2D eigenvalue weighted by atomic mass is 10.2. The molecule has 1 heterocycles. The third kappa shape index (κ3) is 3.18. The average molecular weight is 371 g/mol. The molecule has 0 saturated carbocycles. The normalized spacial score (nSPS) is 12.0. The molecule has 0 spiro atoms. The minimum atomic E-state index is -0.531. The van der Waals surface area contributed by atoms with Gasteiger partial charge in [0.25, 0.3) is 0 Å². The number of nitrogens with one attached hydrogen (secondary N) is 1. The Morgan fingerprint density at radius 3 is 2.62 bits per heavy atom. The number of ether oxygens (including phenoxy) is 1. The summed E-state index contributed by atoms with van der Waals surface area (Å²) in [6.07, 6.45) is 1.66. The van der Waals surface area contributed by atoms with Gasteiger partial charge in [-0.1, -0.05) is 35.9 Å². The first-order valence-electron chi connectivity index (χ1n) is 8.18. The minimum Gasteiger partial charge on any atom is -0.465 e. The molecular weight excluding hydrogens is 352 g/mol. The number of methoxy groups -OCH3 is 1. The Labute approximate surface area is 156 Å². The molecule has 0 aliphatic rings. The smallest absolute Gasteiger partial charge is 0.340 e. The van der Waals surface area contributed by atoms with Crippen LogP contribution in [0.4, 0.5) is 5.69 Å². The predicted molar refractivity (Wildman–Crippen MR) is 103 cm³/mol. The molecular formula is C20H19ClN2O3. The SMILES string of the molecule is COC(=O)c1cn([C@H](C)C(=O)Nc2cccc(Cl)c2C)c2ccccc12. The van der Waals surface area contributed by atoms with Gasteiger partial charge in [0.15, 0.2) is 0 Å². The monoisotopic (exact) mass is 370 g/mol. The topological polar surface area (TPSA) is 60.3 Å². The Balaban J connectivity index is 1.97. The van der Waals surface area contributed by atoms with Crippen molar-refractivity contribution in [3.8, 4) is 0 Å². The van der Waals surface area contributed by atoms with Crippen molar-refractivity contribution in [1.29, 1.82) is 0 Å².